The van der Waals surface area contributed by atoms with Gasteiger partial charge in [-0.25, -0.2) is 0 Å². The van der Waals surface area contributed by atoms with Crippen LogP contribution in [0.25, 0.3) is 0 Å². The second kappa shape index (κ2) is 3.33. The first-order valence-electron chi connectivity index (χ1n) is 4.70. The van der Waals surface area contributed by atoms with Gasteiger partial charge in [0.2, 0.25) is 0 Å². The highest BCUT2D eigenvalue weighted by atomic mass is 16.5. The largest absolute Gasteiger partial charge is 0.497 e. The van der Waals surface area contributed by atoms with Gasteiger partial charge in [0.15, 0.2) is 0 Å². The van der Waals surface area contributed by atoms with Gasteiger partial charge in [-0.05, 0) is 36.1 Å². The molecule has 0 radical (unpaired) electrons. The number of nitrogens with two attached hydrogens (primary N) is 1. The van der Waals surface area contributed by atoms with Gasteiger partial charge in [0.05, 0.1) is 12.9 Å². The summed E-state index contributed by atoms with van der Waals surface area (Å²) in [5.41, 5.74) is 8.07. The molecule has 0 aliphatic heterocycles. The molecule has 0 bridgehead atoms. The topological polar surface area (TPSA) is 59.1 Å². The standard InChI is InChI=1S/C11H14N2O/c1-14-10-3-2-7-4-9(11(12)13)5-8(7)6-10/h2-3,6,9H,4-5H2,1H3,(H3,12,13). The number of ether oxygens (including phenoxy) is 1. The van der Waals surface area contributed by atoms with Crippen LogP contribution < -0.4 is 10.5 Å². The molecule has 3 nitrogen and oxygen atoms in total. The van der Waals surface area contributed by atoms with E-state index < -0.39 is 0 Å². The van der Waals surface area contributed by atoms with E-state index in [4.69, 9.17) is 15.9 Å². The number of rotatable bonds is 2. The predicted molar refractivity (Wildman–Crippen MR) is 55.8 cm³/mol. The fourth-order valence-electron chi connectivity index (χ4n) is 1.94. The first-order chi connectivity index (χ1) is 6.70. The fourth-order valence-corrected chi connectivity index (χ4v) is 1.94. The lowest BCUT2D eigenvalue weighted by Gasteiger charge is -2.03. The van der Waals surface area contributed by atoms with Crippen molar-refractivity contribution in [1.29, 1.82) is 5.41 Å². The van der Waals surface area contributed by atoms with Gasteiger partial charge in [-0.15, -0.1) is 0 Å². The van der Waals surface area contributed by atoms with Gasteiger partial charge in [-0.2, -0.15) is 0 Å². The zero-order valence-corrected chi connectivity index (χ0v) is 8.21. The smallest absolute Gasteiger partial charge is 0.119 e. The second-order valence-electron chi connectivity index (χ2n) is 3.70. The molecular formula is C11H14N2O. The fraction of sp³-hybridized carbons (Fsp3) is 0.364. The maximum atomic E-state index is 7.41. The number of methoxy groups -OCH3 is 1. The van der Waals surface area contributed by atoms with E-state index in [0.717, 1.165) is 18.6 Å². The molecule has 0 saturated carbocycles. The van der Waals surface area contributed by atoms with Crippen molar-refractivity contribution in [3.8, 4) is 5.75 Å². The summed E-state index contributed by atoms with van der Waals surface area (Å²) < 4.78 is 5.15. The molecule has 0 fully saturated rings. The summed E-state index contributed by atoms with van der Waals surface area (Å²) in [6, 6.07) is 6.07. The Labute approximate surface area is 83.4 Å². The molecule has 1 aromatic rings. The predicted octanol–water partition coefficient (Wildman–Crippen LogP) is 1.35. The Balaban J connectivity index is 2.27. The molecule has 1 atom stereocenters. The normalized spacial score (nSPS) is 19.1. The summed E-state index contributed by atoms with van der Waals surface area (Å²) >= 11 is 0. The summed E-state index contributed by atoms with van der Waals surface area (Å²) in [6.07, 6.45) is 1.77. The van der Waals surface area contributed by atoms with E-state index in [1.165, 1.54) is 11.1 Å². The highest BCUT2D eigenvalue weighted by molar-refractivity contribution is 5.81. The van der Waals surface area contributed by atoms with Crippen molar-refractivity contribution < 1.29 is 4.74 Å². The van der Waals surface area contributed by atoms with Crippen LogP contribution >= 0.6 is 0 Å². The van der Waals surface area contributed by atoms with Gasteiger partial charge in [0.25, 0.3) is 0 Å². The van der Waals surface area contributed by atoms with Crippen LogP contribution in [0.2, 0.25) is 0 Å². The third-order valence-corrected chi connectivity index (χ3v) is 2.79. The molecule has 1 aliphatic rings. The van der Waals surface area contributed by atoms with Gasteiger partial charge in [0.1, 0.15) is 5.75 Å². The van der Waals surface area contributed by atoms with E-state index in [2.05, 4.69) is 6.07 Å². The summed E-state index contributed by atoms with van der Waals surface area (Å²) in [6.45, 7) is 0. The molecule has 14 heavy (non-hydrogen) atoms. The van der Waals surface area contributed by atoms with E-state index in [1.807, 2.05) is 12.1 Å². The van der Waals surface area contributed by atoms with Crippen molar-refractivity contribution in [2.75, 3.05) is 7.11 Å². The van der Waals surface area contributed by atoms with E-state index in [0.29, 0.717) is 5.84 Å². The third kappa shape index (κ3) is 1.45. The van der Waals surface area contributed by atoms with Crippen molar-refractivity contribution in [3.05, 3.63) is 29.3 Å². The van der Waals surface area contributed by atoms with Crippen LogP contribution in [0.15, 0.2) is 18.2 Å². The molecule has 1 aliphatic carbocycles. The van der Waals surface area contributed by atoms with E-state index in [1.54, 1.807) is 7.11 Å². The highest BCUT2D eigenvalue weighted by Gasteiger charge is 2.23. The number of hydrogen-bond donors (Lipinski definition) is 2. The molecule has 0 heterocycles. The number of hydrogen-bond acceptors (Lipinski definition) is 2. The lowest BCUT2D eigenvalue weighted by molar-refractivity contribution is 0.414. The molecule has 0 aromatic heterocycles. The molecule has 1 unspecified atom stereocenters. The molecule has 0 spiro atoms. The van der Waals surface area contributed by atoms with Gasteiger partial charge < -0.3 is 10.5 Å². The van der Waals surface area contributed by atoms with Crippen molar-refractivity contribution in [2.45, 2.75) is 12.8 Å². The molecular weight excluding hydrogens is 176 g/mol. The van der Waals surface area contributed by atoms with Gasteiger partial charge in [0, 0.05) is 5.92 Å². The van der Waals surface area contributed by atoms with Crippen LogP contribution in [0.3, 0.4) is 0 Å². The molecule has 2 rings (SSSR count). The van der Waals surface area contributed by atoms with Crippen LogP contribution in [-0.2, 0) is 12.8 Å². The summed E-state index contributed by atoms with van der Waals surface area (Å²) in [7, 11) is 1.67. The van der Waals surface area contributed by atoms with Gasteiger partial charge >= 0.3 is 0 Å². The first kappa shape index (κ1) is 9.06. The minimum Gasteiger partial charge on any atom is -0.497 e. The molecule has 74 valence electrons. The number of amidine groups is 1. The maximum absolute atomic E-state index is 7.41. The quantitative estimate of drug-likeness (QED) is 0.546. The third-order valence-electron chi connectivity index (χ3n) is 2.79. The monoisotopic (exact) mass is 190 g/mol. The molecule has 0 amide bonds. The minimum absolute atomic E-state index is 0.192. The van der Waals surface area contributed by atoms with E-state index >= 15 is 0 Å². The lowest BCUT2D eigenvalue weighted by atomic mass is 10.1. The molecule has 3 N–H and O–H groups in total. The van der Waals surface area contributed by atoms with Crippen molar-refractivity contribution in [2.24, 2.45) is 11.7 Å². The number of nitrogens with one attached hydrogen (secondary N) is 1. The molecule has 0 saturated heterocycles. The summed E-state index contributed by atoms with van der Waals surface area (Å²) in [5.74, 6) is 1.37. The number of benzene rings is 1. The van der Waals surface area contributed by atoms with Crippen molar-refractivity contribution in [1.82, 2.24) is 0 Å². The van der Waals surface area contributed by atoms with Crippen LogP contribution in [0, 0.1) is 11.3 Å². The Morgan fingerprint density at radius 1 is 1.43 bits per heavy atom. The summed E-state index contributed by atoms with van der Waals surface area (Å²) in [5, 5.41) is 7.41. The Kier molecular flexibility index (Phi) is 2.15. The number of fused-ring (bicyclic) bond motifs is 1. The zero-order valence-electron chi connectivity index (χ0n) is 8.21. The Hall–Kier alpha value is -1.51. The van der Waals surface area contributed by atoms with Crippen LogP contribution in [0.1, 0.15) is 11.1 Å². The molecule has 1 aromatic carbocycles. The Morgan fingerprint density at radius 2 is 2.14 bits per heavy atom. The Bertz CT molecular complexity index is 374. The second-order valence-corrected chi connectivity index (χ2v) is 3.70. The average Bonchev–Trinajstić information content (AvgIpc) is 2.59. The van der Waals surface area contributed by atoms with Gasteiger partial charge in [-0.1, -0.05) is 6.07 Å². The van der Waals surface area contributed by atoms with Crippen LogP contribution in [0.5, 0.6) is 5.75 Å². The molecule has 3 heteroatoms. The highest BCUT2D eigenvalue weighted by Crippen LogP contribution is 2.29. The first-order valence-corrected chi connectivity index (χ1v) is 4.70. The van der Waals surface area contributed by atoms with Crippen molar-refractivity contribution >= 4 is 5.84 Å². The lowest BCUT2D eigenvalue weighted by Crippen LogP contribution is -2.22. The van der Waals surface area contributed by atoms with Gasteiger partial charge in [-0.3, -0.25) is 5.41 Å². The van der Waals surface area contributed by atoms with Crippen LogP contribution in [0.4, 0.5) is 0 Å². The average molecular weight is 190 g/mol. The van der Waals surface area contributed by atoms with Crippen LogP contribution in [-0.4, -0.2) is 12.9 Å². The van der Waals surface area contributed by atoms with Crippen molar-refractivity contribution in [3.63, 3.8) is 0 Å². The summed E-state index contributed by atoms with van der Waals surface area (Å²) in [4.78, 5) is 0. The minimum atomic E-state index is 0.192. The Morgan fingerprint density at radius 3 is 2.79 bits per heavy atom. The SMILES string of the molecule is COc1ccc2c(c1)CC(C(=N)N)C2. The maximum Gasteiger partial charge on any atom is 0.119 e. The van der Waals surface area contributed by atoms with E-state index in [-0.39, 0.29) is 5.92 Å². The van der Waals surface area contributed by atoms with E-state index in [9.17, 15) is 0 Å². The zero-order chi connectivity index (χ0) is 10.1.